The second-order valence-corrected chi connectivity index (χ2v) is 9.22. The molecule has 0 aliphatic carbocycles. The maximum Gasteiger partial charge on any atom is 0.374 e. The third-order valence-corrected chi connectivity index (χ3v) is 6.99. The fraction of sp³-hybridized carbons (Fsp3) is 0.0571. The molecule has 0 saturated heterocycles. The summed E-state index contributed by atoms with van der Waals surface area (Å²) in [6.45, 7) is 1.94. The Bertz CT molecular complexity index is 1730. The summed E-state index contributed by atoms with van der Waals surface area (Å²) < 4.78 is 11.6. The number of ether oxygens (including phenoxy) is 1. The SMILES string of the molecule is COC(=O)c1oc2c(-c3ccccc3)c(-c3ccccc3)c(-c3ccccc3)c(-c3ccccc3)c2c1C. The van der Waals surface area contributed by atoms with Crippen LogP contribution in [0.3, 0.4) is 0 Å². The summed E-state index contributed by atoms with van der Waals surface area (Å²) >= 11 is 0. The predicted molar refractivity (Wildman–Crippen MR) is 154 cm³/mol. The molecule has 3 nitrogen and oxygen atoms in total. The van der Waals surface area contributed by atoms with E-state index in [4.69, 9.17) is 9.15 Å². The van der Waals surface area contributed by atoms with Gasteiger partial charge >= 0.3 is 5.97 Å². The van der Waals surface area contributed by atoms with Gasteiger partial charge in [0.2, 0.25) is 5.76 Å². The zero-order valence-electron chi connectivity index (χ0n) is 21.3. The van der Waals surface area contributed by atoms with E-state index in [1.54, 1.807) is 0 Å². The minimum absolute atomic E-state index is 0.223. The number of carbonyl (C=O) groups is 1. The number of carbonyl (C=O) groups excluding carboxylic acids is 1. The third kappa shape index (κ3) is 3.89. The predicted octanol–water partition coefficient (Wildman–Crippen LogP) is 9.20. The van der Waals surface area contributed by atoms with E-state index in [0.29, 0.717) is 5.58 Å². The highest BCUT2D eigenvalue weighted by Crippen LogP contribution is 2.52. The second-order valence-electron chi connectivity index (χ2n) is 9.22. The summed E-state index contributed by atoms with van der Waals surface area (Å²) in [6, 6.07) is 41.4. The van der Waals surface area contributed by atoms with Crippen LogP contribution in [0.5, 0.6) is 0 Å². The summed E-state index contributed by atoms with van der Waals surface area (Å²) in [5, 5.41) is 0.911. The summed E-state index contributed by atoms with van der Waals surface area (Å²) in [4.78, 5) is 12.9. The van der Waals surface area contributed by atoms with Crippen LogP contribution >= 0.6 is 0 Å². The number of fused-ring (bicyclic) bond motifs is 1. The van der Waals surface area contributed by atoms with Gasteiger partial charge in [0, 0.05) is 27.6 Å². The van der Waals surface area contributed by atoms with Crippen LogP contribution in [-0.2, 0) is 4.74 Å². The van der Waals surface area contributed by atoms with E-state index in [9.17, 15) is 4.79 Å². The molecule has 0 spiro atoms. The van der Waals surface area contributed by atoms with Crippen molar-refractivity contribution >= 4 is 16.9 Å². The molecule has 5 aromatic carbocycles. The van der Waals surface area contributed by atoms with Gasteiger partial charge in [0.25, 0.3) is 0 Å². The summed E-state index contributed by atoms with van der Waals surface area (Å²) in [5.41, 5.74) is 9.78. The van der Waals surface area contributed by atoms with E-state index in [-0.39, 0.29) is 5.76 Å². The van der Waals surface area contributed by atoms with Gasteiger partial charge in [0.1, 0.15) is 5.58 Å². The zero-order chi connectivity index (χ0) is 26.1. The van der Waals surface area contributed by atoms with Gasteiger partial charge in [-0.15, -0.1) is 0 Å². The molecule has 6 rings (SSSR count). The molecule has 0 bridgehead atoms. The molecule has 1 aromatic heterocycles. The third-order valence-electron chi connectivity index (χ3n) is 6.99. The number of benzene rings is 5. The molecule has 0 N–H and O–H groups in total. The maximum atomic E-state index is 12.9. The van der Waals surface area contributed by atoms with Crippen molar-refractivity contribution in [1.29, 1.82) is 0 Å². The highest BCUT2D eigenvalue weighted by Gasteiger charge is 2.30. The second kappa shape index (κ2) is 9.87. The first-order chi connectivity index (χ1) is 18.7. The van der Waals surface area contributed by atoms with Gasteiger partial charge in [-0.1, -0.05) is 121 Å². The van der Waals surface area contributed by atoms with E-state index in [1.807, 2.05) is 55.5 Å². The zero-order valence-corrected chi connectivity index (χ0v) is 21.3. The average molecular weight is 495 g/mol. The van der Waals surface area contributed by atoms with Crippen molar-refractivity contribution in [3.63, 3.8) is 0 Å². The lowest BCUT2D eigenvalue weighted by Crippen LogP contribution is -2.00. The largest absolute Gasteiger partial charge is 0.463 e. The summed E-state index contributed by atoms with van der Waals surface area (Å²) in [7, 11) is 1.38. The Kier molecular flexibility index (Phi) is 6.11. The Morgan fingerprint density at radius 2 is 0.921 bits per heavy atom. The maximum absolute atomic E-state index is 12.9. The first kappa shape index (κ1) is 23.5. The lowest BCUT2D eigenvalue weighted by Gasteiger charge is -2.22. The molecule has 0 aliphatic rings. The quantitative estimate of drug-likeness (QED) is 0.224. The Labute approximate surface area is 222 Å². The molecule has 184 valence electrons. The van der Waals surface area contributed by atoms with Crippen LogP contribution in [0.4, 0.5) is 0 Å². The highest BCUT2D eigenvalue weighted by molar-refractivity contribution is 6.18. The number of furan rings is 1. The number of methoxy groups -OCH3 is 1. The monoisotopic (exact) mass is 494 g/mol. The number of esters is 1. The molecule has 0 unspecified atom stereocenters. The minimum Gasteiger partial charge on any atom is -0.463 e. The lowest BCUT2D eigenvalue weighted by molar-refractivity contribution is 0.0566. The smallest absolute Gasteiger partial charge is 0.374 e. The van der Waals surface area contributed by atoms with Crippen molar-refractivity contribution in [1.82, 2.24) is 0 Å². The van der Waals surface area contributed by atoms with Crippen molar-refractivity contribution in [2.75, 3.05) is 7.11 Å². The van der Waals surface area contributed by atoms with Crippen molar-refractivity contribution in [3.8, 4) is 44.5 Å². The van der Waals surface area contributed by atoms with Gasteiger partial charge in [-0.25, -0.2) is 4.79 Å². The lowest BCUT2D eigenvalue weighted by atomic mass is 9.80. The average Bonchev–Trinajstić information content (AvgIpc) is 3.33. The molecule has 38 heavy (non-hydrogen) atoms. The van der Waals surface area contributed by atoms with Gasteiger partial charge in [0.15, 0.2) is 0 Å². The Hall–Kier alpha value is -4.89. The Morgan fingerprint density at radius 1 is 0.553 bits per heavy atom. The minimum atomic E-state index is -0.487. The number of hydrogen-bond acceptors (Lipinski definition) is 3. The molecule has 3 heteroatoms. The molecule has 0 saturated carbocycles. The molecule has 0 amide bonds. The molecular formula is C35H26O3. The first-order valence-corrected chi connectivity index (χ1v) is 12.6. The van der Waals surface area contributed by atoms with E-state index in [2.05, 4.69) is 72.8 Å². The van der Waals surface area contributed by atoms with Gasteiger partial charge in [-0.2, -0.15) is 0 Å². The number of aryl methyl sites for hydroxylation is 1. The van der Waals surface area contributed by atoms with Crippen LogP contribution in [0.1, 0.15) is 16.1 Å². The van der Waals surface area contributed by atoms with Crippen molar-refractivity contribution < 1.29 is 13.9 Å². The van der Waals surface area contributed by atoms with Gasteiger partial charge in [-0.05, 0) is 34.7 Å². The topological polar surface area (TPSA) is 39.4 Å². The molecule has 0 aliphatic heterocycles. The van der Waals surface area contributed by atoms with E-state index < -0.39 is 5.97 Å². The summed E-state index contributed by atoms with van der Waals surface area (Å²) in [6.07, 6.45) is 0. The van der Waals surface area contributed by atoms with Gasteiger partial charge in [0.05, 0.1) is 7.11 Å². The Morgan fingerprint density at radius 3 is 1.34 bits per heavy atom. The van der Waals surface area contributed by atoms with Crippen LogP contribution in [0, 0.1) is 6.92 Å². The molecule has 6 aromatic rings. The normalized spacial score (nSPS) is 11.0. The molecule has 0 radical (unpaired) electrons. The molecule has 1 heterocycles. The van der Waals surface area contributed by atoms with E-state index in [0.717, 1.165) is 55.5 Å². The highest BCUT2D eigenvalue weighted by atomic mass is 16.5. The molecule has 0 atom stereocenters. The molecular weight excluding hydrogens is 468 g/mol. The van der Waals surface area contributed by atoms with Crippen LogP contribution < -0.4 is 0 Å². The van der Waals surface area contributed by atoms with Crippen molar-refractivity contribution in [2.45, 2.75) is 6.92 Å². The fourth-order valence-corrected chi connectivity index (χ4v) is 5.33. The summed E-state index contributed by atoms with van der Waals surface area (Å²) in [5.74, 6) is -0.264. The fourth-order valence-electron chi connectivity index (χ4n) is 5.33. The van der Waals surface area contributed by atoms with Gasteiger partial charge < -0.3 is 9.15 Å². The number of rotatable bonds is 5. The van der Waals surface area contributed by atoms with Crippen LogP contribution in [0.2, 0.25) is 0 Å². The standard InChI is InChI=1S/C35H26O3/c1-23-28-29(24-15-7-3-8-16-24)30(25-17-9-4-10-18-25)31(26-19-11-5-12-20-26)32(27-21-13-6-14-22-27)34(28)38-33(23)35(36)37-2/h3-22H,1-2H3. The first-order valence-electron chi connectivity index (χ1n) is 12.6. The van der Waals surface area contributed by atoms with Gasteiger partial charge in [-0.3, -0.25) is 0 Å². The van der Waals surface area contributed by atoms with E-state index in [1.165, 1.54) is 7.11 Å². The van der Waals surface area contributed by atoms with Crippen molar-refractivity contribution in [2.24, 2.45) is 0 Å². The van der Waals surface area contributed by atoms with Crippen LogP contribution in [0.15, 0.2) is 126 Å². The van der Waals surface area contributed by atoms with Crippen molar-refractivity contribution in [3.05, 3.63) is 133 Å². The number of hydrogen-bond donors (Lipinski definition) is 0. The molecule has 0 fully saturated rings. The van der Waals surface area contributed by atoms with Crippen LogP contribution in [0.25, 0.3) is 55.5 Å². The Balaban J connectivity index is 1.93. The van der Waals surface area contributed by atoms with Crippen LogP contribution in [-0.4, -0.2) is 13.1 Å². The van der Waals surface area contributed by atoms with E-state index >= 15 is 0 Å².